The minimum Gasteiger partial charge on any atom is -0.305 e. The summed E-state index contributed by atoms with van der Waals surface area (Å²) >= 11 is 6.04. The second-order valence-electron chi connectivity index (χ2n) is 4.63. The molecule has 1 unspecified atom stereocenters. The molecule has 1 aliphatic heterocycles. The minimum atomic E-state index is -3.39. The number of sulfone groups is 2. The highest BCUT2D eigenvalue weighted by Crippen LogP contribution is 2.24. The standard InChI is InChI=1S/C12H14ClNO4S2/c1-19(15,16)12-4-2-3-11(13)10(12)7-14-9-5-6-20(17,18)8-9/h2-6,9,14H,7-8H2,1H3. The van der Waals surface area contributed by atoms with Crippen molar-refractivity contribution >= 4 is 31.3 Å². The molecule has 110 valence electrons. The fourth-order valence-electron chi connectivity index (χ4n) is 1.99. The van der Waals surface area contributed by atoms with Gasteiger partial charge in [-0.25, -0.2) is 16.8 Å². The van der Waals surface area contributed by atoms with E-state index in [1.807, 2.05) is 0 Å². The van der Waals surface area contributed by atoms with Crippen LogP contribution in [0, 0.1) is 0 Å². The molecule has 0 spiro atoms. The summed E-state index contributed by atoms with van der Waals surface area (Å²) in [5, 5.41) is 4.49. The maximum Gasteiger partial charge on any atom is 0.175 e. The Balaban J connectivity index is 2.21. The van der Waals surface area contributed by atoms with E-state index < -0.39 is 19.7 Å². The fraction of sp³-hybridized carbons (Fsp3) is 0.333. The maximum atomic E-state index is 11.7. The third kappa shape index (κ3) is 3.60. The molecular formula is C12H14ClNO4S2. The Morgan fingerprint density at radius 1 is 1.40 bits per heavy atom. The molecule has 2 rings (SSSR count). The van der Waals surface area contributed by atoms with Gasteiger partial charge in [0, 0.05) is 34.8 Å². The van der Waals surface area contributed by atoms with Crippen LogP contribution in [0.5, 0.6) is 0 Å². The summed E-state index contributed by atoms with van der Waals surface area (Å²) in [4.78, 5) is 0.155. The first-order valence-corrected chi connectivity index (χ1v) is 9.79. The van der Waals surface area contributed by atoms with Crippen molar-refractivity contribution in [3.05, 3.63) is 40.3 Å². The number of nitrogens with one attached hydrogen (secondary N) is 1. The molecule has 20 heavy (non-hydrogen) atoms. The van der Waals surface area contributed by atoms with Gasteiger partial charge in [-0.05, 0) is 12.1 Å². The molecule has 0 fully saturated rings. The van der Waals surface area contributed by atoms with E-state index in [0.717, 1.165) is 11.7 Å². The molecule has 8 heteroatoms. The molecule has 1 N–H and O–H groups in total. The van der Waals surface area contributed by atoms with Crippen molar-refractivity contribution in [2.24, 2.45) is 0 Å². The highest BCUT2D eigenvalue weighted by atomic mass is 35.5. The van der Waals surface area contributed by atoms with E-state index in [1.165, 1.54) is 6.07 Å². The zero-order valence-electron chi connectivity index (χ0n) is 10.7. The minimum absolute atomic E-state index is 0.0222. The summed E-state index contributed by atoms with van der Waals surface area (Å²) in [6.45, 7) is 0.187. The lowest BCUT2D eigenvalue weighted by molar-refractivity contribution is 0.584. The van der Waals surface area contributed by atoms with Crippen molar-refractivity contribution < 1.29 is 16.8 Å². The van der Waals surface area contributed by atoms with Gasteiger partial charge in [-0.3, -0.25) is 0 Å². The van der Waals surface area contributed by atoms with Gasteiger partial charge in [0.05, 0.1) is 10.6 Å². The molecule has 1 atom stereocenters. The predicted molar refractivity (Wildman–Crippen MR) is 78.1 cm³/mol. The monoisotopic (exact) mass is 335 g/mol. The first kappa shape index (κ1) is 15.5. The lowest BCUT2D eigenvalue weighted by Crippen LogP contribution is -2.30. The number of hydrogen-bond acceptors (Lipinski definition) is 5. The molecule has 1 heterocycles. The predicted octanol–water partition coefficient (Wildman–Crippen LogP) is 1.14. The van der Waals surface area contributed by atoms with Gasteiger partial charge < -0.3 is 5.32 Å². The molecular weight excluding hydrogens is 322 g/mol. The van der Waals surface area contributed by atoms with Gasteiger partial charge in [0.1, 0.15) is 0 Å². The Morgan fingerprint density at radius 2 is 2.10 bits per heavy atom. The summed E-state index contributed by atoms with van der Waals surface area (Å²) in [5.41, 5.74) is 0.453. The topological polar surface area (TPSA) is 80.3 Å². The van der Waals surface area contributed by atoms with Crippen molar-refractivity contribution in [3.63, 3.8) is 0 Å². The summed E-state index contributed by atoms with van der Waals surface area (Å²) in [6.07, 6.45) is 2.66. The van der Waals surface area contributed by atoms with E-state index in [-0.39, 0.29) is 23.2 Å². The van der Waals surface area contributed by atoms with Gasteiger partial charge in [0.2, 0.25) is 0 Å². The maximum absolute atomic E-state index is 11.7. The quantitative estimate of drug-likeness (QED) is 0.892. The molecule has 0 amide bonds. The van der Waals surface area contributed by atoms with Crippen molar-refractivity contribution in [1.82, 2.24) is 5.32 Å². The van der Waals surface area contributed by atoms with E-state index in [2.05, 4.69) is 5.32 Å². The number of rotatable bonds is 4. The van der Waals surface area contributed by atoms with Crippen LogP contribution in [0.25, 0.3) is 0 Å². The highest BCUT2D eigenvalue weighted by Gasteiger charge is 2.22. The Morgan fingerprint density at radius 3 is 2.65 bits per heavy atom. The summed E-state index contributed by atoms with van der Waals surface area (Å²) in [6, 6.07) is 4.33. The van der Waals surface area contributed by atoms with Crippen LogP contribution in [0.1, 0.15) is 5.56 Å². The molecule has 0 aromatic heterocycles. The van der Waals surface area contributed by atoms with Gasteiger partial charge in [-0.15, -0.1) is 0 Å². The smallest absolute Gasteiger partial charge is 0.175 e. The number of benzene rings is 1. The van der Waals surface area contributed by atoms with Crippen LogP contribution in [0.15, 0.2) is 34.6 Å². The number of halogens is 1. The van der Waals surface area contributed by atoms with Crippen LogP contribution in [-0.4, -0.2) is 34.9 Å². The van der Waals surface area contributed by atoms with Crippen molar-refractivity contribution in [1.29, 1.82) is 0 Å². The third-order valence-electron chi connectivity index (χ3n) is 2.95. The first-order chi connectivity index (χ1) is 9.19. The third-order valence-corrected chi connectivity index (χ3v) is 5.88. The zero-order chi connectivity index (χ0) is 15.0. The van der Waals surface area contributed by atoms with Gasteiger partial charge >= 0.3 is 0 Å². The first-order valence-electron chi connectivity index (χ1n) is 5.81. The van der Waals surface area contributed by atoms with Crippen molar-refractivity contribution in [2.45, 2.75) is 17.5 Å². The van der Waals surface area contributed by atoms with Crippen LogP contribution in [-0.2, 0) is 26.2 Å². The molecule has 0 saturated heterocycles. The normalized spacial score (nSPS) is 21.2. The molecule has 0 bridgehead atoms. The van der Waals surface area contributed by atoms with Crippen molar-refractivity contribution in [2.75, 3.05) is 12.0 Å². The van der Waals surface area contributed by atoms with Gasteiger partial charge in [0.25, 0.3) is 0 Å². The second-order valence-corrected chi connectivity index (χ2v) is 8.96. The molecule has 1 aromatic rings. The summed E-state index contributed by atoms with van der Waals surface area (Å²) in [5.74, 6) is -0.0222. The molecule has 5 nitrogen and oxygen atoms in total. The Hall–Kier alpha value is -0.890. The molecule has 0 aliphatic carbocycles. The highest BCUT2D eigenvalue weighted by molar-refractivity contribution is 7.94. The fourth-order valence-corrected chi connectivity index (χ4v) is 4.52. The van der Waals surface area contributed by atoms with Crippen LogP contribution in [0.2, 0.25) is 5.02 Å². The lowest BCUT2D eigenvalue weighted by Gasteiger charge is -2.14. The number of hydrogen-bond donors (Lipinski definition) is 1. The largest absolute Gasteiger partial charge is 0.305 e. The summed E-state index contributed by atoms with van der Waals surface area (Å²) < 4.78 is 46.0. The Kier molecular flexibility index (Phi) is 4.24. The van der Waals surface area contributed by atoms with E-state index in [9.17, 15) is 16.8 Å². The second kappa shape index (κ2) is 5.48. The van der Waals surface area contributed by atoms with Crippen molar-refractivity contribution in [3.8, 4) is 0 Å². The molecule has 0 radical (unpaired) electrons. The van der Waals surface area contributed by atoms with Crippen LogP contribution in [0.4, 0.5) is 0 Å². The molecule has 1 aromatic carbocycles. The summed E-state index contributed by atoms with van der Waals surface area (Å²) in [7, 11) is -6.53. The zero-order valence-corrected chi connectivity index (χ0v) is 13.1. The van der Waals surface area contributed by atoms with E-state index in [0.29, 0.717) is 10.6 Å². The molecule has 1 aliphatic rings. The van der Waals surface area contributed by atoms with Gasteiger partial charge in [-0.1, -0.05) is 23.7 Å². The van der Waals surface area contributed by atoms with Gasteiger partial charge in [-0.2, -0.15) is 0 Å². The van der Waals surface area contributed by atoms with Crippen LogP contribution >= 0.6 is 11.6 Å². The molecule has 0 saturated carbocycles. The van der Waals surface area contributed by atoms with Crippen LogP contribution in [0.3, 0.4) is 0 Å². The van der Waals surface area contributed by atoms with Crippen LogP contribution < -0.4 is 5.32 Å². The Bertz CT molecular complexity index is 754. The van der Waals surface area contributed by atoms with E-state index >= 15 is 0 Å². The average Bonchev–Trinajstić information content (AvgIpc) is 2.66. The average molecular weight is 336 g/mol. The van der Waals surface area contributed by atoms with E-state index in [1.54, 1.807) is 18.2 Å². The SMILES string of the molecule is CS(=O)(=O)c1cccc(Cl)c1CNC1C=CS(=O)(=O)C1. The Labute approximate surface area is 123 Å². The van der Waals surface area contributed by atoms with E-state index in [4.69, 9.17) is 11.6 Å². The van der Waals surface area contributed by atoms with Gasteiger partial charge in [0.15, 0.2) is 19.7 Å². The lowest BCUT2D eigenvalue weighted by atomic mass is 10.2.